The smallest absolute Gasteiger partial charge is 0.335 e. The molecule has 1 aliphatic carbocycles. The Kier molecular flexibility index (Phi) is 5.03. The lowest BCUT2D eigenvalue weighted by Gasteiger charge is -2.36. The van der Waals surface area contributed by atoms with E-state index in [1.807, 2.05) is 0 Å². The van der Waals surface area contributed by atoms with Crippen molar-refractivity contribution >= 4 is 31.9 Å². The minimum Gasteiger partial charge on any atom is -0.478 e. The number of halogens is 1. The van der Waals surface area contributed by atoms with Crippen molar-refractivity contribution in [3.63, 3.8) is 0 Å². The number of nitrogens with zero attached hydrogens (tertiary/aromatic N) is 1. The maximum Gasteiger partial charge on any atom is 0.335 e. The molecule has 0 radical (unpaired) electrons. The second kappa shape index (κ2) is 6.43. The summed E-state index contributed by atoms with van der Waals surface area (Å²) in [5, 5.41) is 18.1. The fourth-order valence-corrected chi connectivity index (χ4v) is 4.86. The molecule has 0 atom stereocenters. The average Bonchev–Trinajstić information content (AvgIpc) is 2.36. The Morgan fingerprint density at radius 1 is 1.38 bits per heavy atom. The van der Waals surface area contributed by atoms with Crippen LogP contribution in [0.5, 0.6) is 0 Å². The van der Waals surface area contributed by atoms with Crippen LogP contribution in [0.25, 0.3) is 0 Å². The van der Waals surface area contributed by atoms with E-state index < -0.39 is 16.0 Å². The highest BCUT2D eigenvalue weighted by Gasteiger charge is 2.35. The molecule has 0 saturated heterocycles. The Bertz CT molecular complexity index is 642. The highest BCUT2D eigenvalue weighted by atomic mass is 79.9. The molecule has 21 heavy (non-hydrogen) atoms. The summed E-state index contributed by atoms with van der Waals surface area (Å²) < 4.78 is 27.1. The number of sulfonamides is 1. The zero-order valence-electron chi connectivity index (χ0n) is 11.2. The van der Waals surface area contributed by atoms with Gasteiger partial charge in [-0.05, 0) is 47.0 Å². The third-order valence-electron chi connectivity index (χ3n) is 3.57. The molecule has 0 spiro atoms. The van der Waals surface area contributed by atoms with Gasteiger partial charge in [-0.3, -0.25) is 0 Å². The van der Waals surface area contributed by atoms with E-state index in [-0.39, 0.29) is 29.7 Å². The Labute approximate surface area is 131 Å². The highest BCUT2D eigenvalue weighted by molar-refractivity contribution is 9.10. The molecule has 1 aromatic rings. The van der Waals surface area contributed by atoms with Gasteiger partial charge in [0.05, 0.1) is 17.1 Å². The van der Waals surface area contributed by atoms with Gasteiger partial charge in [0.25, 0.3) is 0 Å². The second-order valence-electron chi connectivity index (χ2n) is 4.87. The average molecular weight is 378 g/mol. The molecule has 0 unspecified atom stereocenters. The van der Waals surface area contributed by atoms with Gasteiger partial charge < -0.3 is 10.2 Å². The first-order valence-electron chi connectivity index (χ1n) is 6.53. The van der Waals surface area contributed by atoms with E-state index in [9.17, 15) is 13.2 Å². The van der Waals surface area contributed by atoms with Crippen LogP contribution >= 0.6 is 15.9 Å². The third kappa shape index (κ3) is 3.28. The summed E-state index contributed by atoms with van der Waals surface area (Å²) >= 11 is 3.16. The summed E-state index contributed by atoms with van der Waals surface area (Å²) in [6.07, 6.45) is 2.48. The molecule has 0 heterocycles. The first kappa shape index (κ1) is 16.4. The highest BCUT2D eigenvalue weighted by Crippen LogP contribution is 2.32. The largest absolute Gasteiger partial charge is 0.478 e. The lowest BCUT2D eigenvalue weighted by atomic mass is 9.93. The van der Waals surface area contributed by atoms with E-state index in [0.29, 0.717) is 4.47 Å². The number of carboxylic acid groups (broad SMARTS) is 1. The molecule has 6 nitrogen and oxygen atoms in total. The summed E-state index contributed by atoms with van der Waals surface area (Å²) in [5.41, 5.74) is -0.0886. The van der Waals surface area contributed by atoms with Crippen LogP contribution in [-0.2, 0) is 10.0 Å². The van der Waals surface area contributed by atoms with Gasteiger partial charge >= 0.3 is 5.97 Å². The topological polar surface area (TPSA) is 94.9 Å². The van der Waals surface area contributed by atoms with Crippen molar-refractivity contribution in [2.75, 3.05) is 13.2 Å². The zero-order chi connectivity index (χ0) is 15.6. The molecule has 1 aromatic carbocycles. The maximum absolute atomic E-state index is 12.7. The fourth-order valence-electron chi connectivity index (χ4n) is 2.23. The van der Waals surface area contributed by atoms with Crippen molar-refractivity contribution in [3.05, 3.63) is 28.2 Å². The molecule has 0 aromatic heterocycles. The Balaban J connectivity index is 2.45. The molecule has 1 aliphatic rings. The van der Waals surface area contributed by atoms with Crippen molar-refractivity contribution in [1.82, 2.24) is 4.31 Å². The quantitative estimate of drug-likeness (QED) is 0.786. The lowest BCUT2D eigenvalue weighted by molar-refractivity contribution is 0.0696. The first-order valence-corrected chi connectivity index (χ1v) is 8.76. The Morgan fingerprint density at radius 2 is 2.05 bits per heavy atom. The van der Waals surface area contributed by atoms with Crippen molar-refractivity contribution in [2.24, 2.45) is 0 Å². The van der Waals surface area contributed by atoms with E-state index in [1.165, 1.54) is 16.4 Å². The monoisotopic (exact) mass is 377 g/mol. The predicted octanol–water partition coefficient (Wildman–Crippen LogP) is 1.68. The molecule has 1 fully saturated rings. The molecular formula is C13H16BrNO5S. The van der Waals surface area contributed by atoms with Crippen LogP contribution in [0, 0.1) is 0 Å². The summed E-state index contributed by atoms with van der Waals surface area (Å²) in [7, 11) is -3.85. The molecular weight excluding hydrogens is 362 g/mol. The maximum atomic E-state index is 12.7. The SMILES string of the molecule is O=C(O)c1ccc(Br)c(S(=O)(=O)N(CCO)C2CCC2)c1. The van der Waals surface area contributed by atoms with Gasteiger partial charge in [0.1, 0.15) is 0 Å². The molecule has 2 N–H and O–H groups in total. The van der Waals surface area contributed by atoms with Crippen molar-refractivity contribution in [3.8, 4) is 0 Å². The summed E-state index contributed by atoms with van der Waals surface area (Å²) in [6, 6.07) is 3.77. The molecule has 2 rings (SSSR count). The van der Waals surface area contributed by atoms with E-state index in [4.69, 9.17) is 10.2 Å². The minimum absolute atomic E-state index is 0.0107. The van der Waals surface area contributed by atoms with Gasteiger partial charge in [-0.25, -0.2) is 13.2 Å². The number of aromatic carboxylic acids is 1. The van der Waals surface area contributed by atoms with Gasteiger partial charge in [0, 0.05) is 17.1 Å². The van der Waals surface area contributed by atoms with Crippen LogP contribution < -0.4 is 0 Å². The van der Waals surface area contributed by atoms with Crippen molar-refractivity contribution < 1.29 is 23.4 Å². The predicted molar refractivity (Wildman–Crippen MR) is 79.7 cm³/mol. The van der Waals surface area contributed by atoms with Gasteiger partial charge in [-0.2, -0.15) is 4.31 Å². The van der Waals surface area contributed by atoms with E-state index in [1.54, 1.807) is 0 Å². The summed E-state index contributed by atoms with van der Waals surface area (Å²) in [4.78, 5) is 10.9. The van der Waals surface area contributed by atoms with Crippen LogP contribution in [0.1, 0.15) is 29.6 Å². The van der Waals surface area contributed by atoms with E-state index >= 15 is 0 Å². The van der Waals surface area contributed by atoms with Crippen molar-refractivity contribution in [1.29, 1.82) is 0 Å². The fraction of sp³-hybridized carbons (Fsp3) is 0.462. The number of rotatable bonds is 6. The standard InChI is InChI=1S/C13H16BrNO5S/c14-11-5-4-9(13(17)18)8-12(11)21(19,20)15(6-7-16)10-2-1-3-10/h4-5,8,10,16H,1-3,6-7H2,(H,17,18). The molecule has 0 aliphatic heterocycles. The Morgan fingerprint density at radius 3 is 2.52 bits per heavy atom. The number of aliphatic hydroxyl groups excluding tert-OH is 1. The minimum atomic E-state index is -3.85. The van der Waals surface area contributed by atoms with Crippen LogP contribution in [0.2, 0.25) is 0 Å². The van der Waals surface area contributed by atoms with Gasteiger partial charge in [0.15, 0.2) is 0 Å². The number of benzene rings is 1. The third-order valence-corrected chi connectivity index (χ3v) is 6.51. The zero-order valence-corrected chi connectivity index (χ0v) is 13.6. The van der Waals surface area contributed by atoms with Crippen molar-refractivity contribution in [2.45, 2.75) is 30.2 Å². The van der Waals surface area contributed by atoms with Crippen LogP contribution in [0.3, 0.4) is 0 Å². The lowest BCUT2D eigenvalue weighted by Crippen LogP contribution is -2.45. The van der Waals surface area contributed by atoms with E-state index in [2.05, 4.69) is 15.9 Å². The van der Waals surface area contributed by atoms with Crippen LogP contribution in [0.15, 0.2) is 27.6 Å². The molecule has 0 amide bonds. The second-order valence-corrected chi connectivity index (χ2v) is 7.59. The number of hydrogen-bond acceptors (Lipinski definition) is 4. The van der Waals surface area contributed by atoms with Gasteiger partial charge in [-0.15, -0.1) is 0 Å². The molecule has 0 bridgehead atoms. The normalized spacial score (nSPS) is 16.0. The number of aliphatic hydroxyl groups is 1. The summed E-state index contributed by atoms with van der Waals surface area (Å²) in [5.74, 6) is -1.18. The molecule has 1 saturated carbocycles. The number of carboxylic acids is 1. The number of carbonyl (C=O) groups is 1. The van der Waals surface area contributed by atoms with Gasteiger partial charge in [0.2, 0.25) is 10.0 Å². The van der Waals surface area contributed by atoms with Crippen LogP contribution in [-0.4, -0.2) is 48.1 Å². The van der Waals surface area contributed by atoms with Gasteiger partial charge in [-0.1, -0.05) is 6.42 Å². The number of hydrogen-bond donors (Lipinski definition) is 2. The molecule has 116 valence electrons. The van der Waals surface area contributed by atoms with Crippen LogP contribution in [0.4, 0.5) is 0 Å². The first-order chi connectivity index (χ1) is 9.87. The van der Waals surface area contributed by atoms with E-state index in [0.717, 1.165) is 25.3 Å². The summed E-state index contributed by atoms with van der Waals surface area (Å²) in [6.45, 7) is -0.261. The Hall–Kier alpha value is -0.960. The molecule has 8 heteroatoms.